The minimum atomic E-state index is -0.0952. The molecule has 0 bridgehead atoms. The van der Waals surface area contributed by atoms with Gasteiger partial charge in [-0.3, -0.25) is 0 Å². The van der Waals surface area contributed by atoms with Crippen molar-refractivity contribution in [3.8, 4) is 11.5 Å². The topological polar surface area (TPSA) is 29.5 Å². The maximum atomic E-state index is 9.13. The number of methoxy groups -OCH3 is 1. The van der Waals surface area contributed by atoms with Crippen LogP contribution in [0.15, 0.2) is 433 Å². The molecule has 0 aliphatic rings. The zero-order chi connectivity index (χ0) is 96.0. The molecule has 16 aromatic carbocycles. The molecule has 0 amide bonds. The minimum absolute atomic E-state index is 0.0167. The van der Waals surface area contributed by atoms with E-state index in [1.807, 2.05) is 54.6 Å². The Labute approximate surface area is 887 Å². The van der Waals surface area contributed by atoms with E-state index in [0.717, 1.165) is 5.75 Å². The van der Waals surface area contributed by atoms with Crippen LogP contribution in [0.25, 0.3) is 24.3 Å². The Hall–Kier alpha value is -8.08. The molecule has 0 saturated carbocycles. The van der Waals surface area contributed by atoms with Gasteiger partial charge in [0.05, 0.1) is 7.11 Å². The van der Waals surface area contributed by atoms with E-state index in [4.69, 9.17) is 9.84 Å². The molecule has 0 saturated heterocycles. The van der Waals surface area contributed by atoms with Gasteiger partial charge in [0.2, 0.25) is 0 Å². The quantitative estimate of drug-likeness (QED) is 0.0641. The molecular formula is C124H128I8O2+8. The first-order chi connectivity index (χ1) is 64.6. The van der Waals surface area contributed by atoms with E-state index in [-0.39, 0.29) is 180 Å². The fraction of sp³-hybridized carbons (Fsp3) is 0.161. The lowest BCUT2D eigenvalue weighted by molar-refractivity contribution is -0.597. The molecule has 0 heterocycles. The van der Waals surface area contributed by atoms with E-state index in [1.54, 1.807) is 19.2 Å². The number of halogens is 8. The zero-order valence-electron chi connectivity index (χ0n) is 79.9. The number of rotatable bonds is 24. The SMILES string of the molecule is C=Cc1ccc([I+]c2ccc(C)cc2)cc1.C=Cc1ccc([I+]c2ccc(C=C)cc2)cc1.C=Cc1ccc([I+]c2ccccc2)cc1.CC(C)(C)c1ccc([I+]c2ccc(C(C)(C)C)cc2)cc1.CC(C)c1ccc([I+]c2ccc(C(C)C)cc2)cc1.COc1ccc([I+]c2ccccc2)cc1.Cc1ccc([I+]c2ccc(C(C)C)cc2)cc1.Oc1ccc([I+]c2ccccc2)cc1. The summed E-state index contributed by atoms with van der Waals surface area (Å²) in [7, 11) is 1.70. The summed E-state index contributed by atoms with van der Waals surface area (Å²) < 4.78 is 28.4. The number of aryl methyl sites for hydroxylation is 2. The van der Waals surface area contributed by atoms with E-state index in [0.29, 0.717) is 23.5 Å². The third kappa shape index (κ3) is 41.7. The number of benzene rings is 16. The minimum Gasteiger partial charge on any atom is -0.508 e. The normalized spacial score (nSPS) is 10.6. The molecule has 0 unspecified atom stereocenters. The molecule has 0 radical (unpaired) electrons. The number of hydrogen-bond donors (Lipinski definition) is 1. The predicted molar refractivity (Wildman–Crippen MR) is 540 cm³/mol. The van der Waals surface area contributed by atoms with Crippen LogP contribution in [0.5, 0.6) is 11.5 Å². The molecule has 0 aliphatic heterocycles. The van der Waals surface area contributed by atoms with Gasteiger partial charge in [-0.2, -0.15) is 0 Å². The molecule has 16 rings (SSSR count). The average Bonchev–Trinajstić information content (AvgIpc) is 0.707. The van der Waals surface area contributed by atoms with Crippen molar-refractivity contribution in [3.63, 3.8) is 0 Å². The molecule has 0 aromatic heterocycles. The van der Waals surface area contributed by atoms with Crippen molar-refractivity contribution < 1.29 is 179 Å². The van der Waals surface area contributed by atoms with Gasteiger partial charge in [-0.15, -0.1) is 0 Å². The van der Waals surface area contributed by atoms with Crippen molar-refractivity contribution in [1.82, 2.24) is 0 Å². The van der Waals surface area contributed by atoms with Gasteiger partial charge in [0, 0.05) is 0 Å². The van der Waals surface area contributed by atoms with Crippen LogP contribution in [0, 0.1) is 71.0 Å². The summed E-state index contributed by atoms with van der Waals surface area (Å²) in [5.74, 6) is 3.14. The molecule has 2 nitrogen and oxygen atoms in total. The Balaban J connectivity index is 0.000000172. The highest BCUT2D eigenvalue weighted by Gasteiger charge is 2.24. The van der Waals surface area contributed by atoms with Crippen LogP contribution in [0.1, 0.15) is 162 Å². The first-order valence-corrected chi connectivity index (χ1v) is 62.1. The van der Waals surface area contributed by atoms with Gasteiger partial charge in [0.25, 0.3) is 0 Å². The Bertz CT molecular complexity index is 5880. The van der Waals surface area contributed by atoms with E-state index in [2.05, 4.69) is 487 Å². The molecule has 0 aliphatic carbocycles. The average molecular weight is 2670 g/mol. The zero-order valence-corrected chi connectivity index (χ0v) is 97.2. The van der Waals surface area contributed by atoms with E-state index >= 15 is 0 Å². The molecule has 0 atom stereocenters. The highest BCUT2D eigenvalue weighted by Crippen LogP contribution is 2.23. The summed E-state index contributed by atoms with van der Waals surface area (Å²) >= 11 is -0.400. The van der Waals surface area contributed by atoms with Gasteiger partial charge in [-0.25, -0.2) is 0 Å². The smallest absolute Gasteiger partial charge is 0.357 e. The number of ether oxygens (including phenoxy) is 1. The van der Waals surface area contributed by atoms with Gasteiger partial charge in [0.15, 0.2) is 57.1 Å². The first kappa shape index (κ1) is 110. The Morgan fingerprint density at radius 1 is 0.224 bits per heavy atom. The van der Waals surface area contributed by atoms with Crippen molar-refractivity contribution in [2.45, 2.75) is 126 Å². The predicted octanol–water partition coefficient (Wildman–Crippen LogP) is 7.39. The van der Waals surface area contributed by atoms with Gasteiger partial charge in [-0.1, -0.05) is 333 Å². The van der Waals surface area contributed by atoms with E-state index < -0.39 is 0 Å². The summed E-state index contributed by atoms with van der Waals surface area (Å²) in [5.41, 5.74) is 15.0. The summed E-state index contributed by atoms with van der Waals surface area (Å²) in [6, 6.07) is 146. The lowest BCUT2D eigenvalue weighted by atomic mass is 9.87. The third-order valence-corrected chi connectivity index (χ3v) is 41.8. The second-order valence-electron chi connectivity index (χ2n) is 34.0. The molecule has 134 heavy (non-hydrogen) atoms. The highest BCUT2D eigenvalue weighted by atomic mass is 127. The van der Waals surface area contributed by atoms with E-state index in [1.165, 1.54) is 118 Å². The molecule has 10 heteroatoms. The van der Waals surface area contributed by atoms with Crippen molar-refractivity contribution in [3.05, 3.63) is 551 Å². The molecule has 0 spiro atoms. The van der Waals surface area contributed by atoms with Crippen molar-refractivity contribution in [2.24, 2.45) is 0 Å². The summed E-state index contributed by atoms with van der Waals surface area (Å²) in [5, 5.41) is 9.13. The maximum absolute atomic E-state index is 9.13. The fourth-order valence-electron chi connectivity index (χ4n) is 12.2. The summed E-state index contributed by atoms with van der Waals surface area (Å²) in [4.78, 5) is 0. The van der Waals surface area contributed by atoms with E-state index in [9.17, 15) is 0 Å². The molecule has 1 N–H and O–H groups in total. The number of phenols is 1. The van der Waals surface area contributed by atoms with Crippen molar-refractivity contribution >= 4 is 24.3 Å². The Kier molecular flexibility index (Phi) is 48.5. The van der Waals surface area contributed by atoms with Gasteiger partial charge >= 0.3 is 170 Å². The molecule has 684 valence electrons. The monoisotopic (exact) mass is 2660 g/mol. The standard InChI is InChI=1S/C20H26I.C18H22I.C16H18I.C16H14I.C15H14I.C14H12I.C13H12IO.C12H9IO/c1-19(2,3)15-7-11-17(12-8-15)21-18-13-9-16(10-14-18)20(4,5)6;1-13(2)15-5-9-17(10-6-15)19-18-11-7-16(8-12-18)14(3)4;1-12(2)14-6-10-16(11-7-14)17-15-8-4-13(3)5-9-15;1-3-13-5-9-15(10-6-13)17-16-11-7-14(4-2)8-12-16;1-3-13-6-10-15(11-7-13)16-14-8-4-12(2)5-9-14;1-2-12-8-10-14(11-9-12)15-13-6-4-3-5-7-13;1-15-13-9-7-12(8-10-13)14-11-5-3-2-4-6-11;14-12-8-6-11(7-9-12)13-10-4-2-1-3-5-10/h7-14H,1-6H3;5-14H,1-4H3;4-12H,1-3H3;3-12H,1-2H2;3-11H,1H2,2H3;2-11H,1H2;2-10H,1H3;1-9H/q7*+1;/p+1. The Morgan fingerprint density at radius 2 is 0.388 bits per heavy atom. The largest absolute Gasteiger partial charge is 0.508 e. The van der Waals surface area contributed by atoms with Crippen LogP contribution in [0.3, 0.4) is 0 Å². The maximum Gasteiger partial charge on any atom is 0.357 e. The van der Waals surface area contributed by atoms with Crippen LogP contribution in [-0.2, 0) is 10.8 Å². The first-order valence-electron chi connectivity index (χ1n) is 44.9. The van der Waals surface area contributed by atoms with Gasteiger partial charge in [0.1, 0.15) is 11.5 Å². The van der Waals surface area contributed by atoms with Crippen molar-refractivity contribution in [1.29, 1.82) is 0 Å². The number of phenolic OH excluding ortho intramolecular Hbond substituents is 1. The van der Waals surface area contributed by atoms with Crippen LogP contribution in [0.2, 0.25) is 0 Å². The van der Waals surface area contributed by atoms with Crippen molar-refractivity contribution in [2.75, 3.05) is 7.11 Å². The molecular weight excluding hydrogens is 2540 g/mol. The summed E-state index contributed by atoms with van der Waals surface area (Å²) in [6.07, 6.45) is 7.51. The van der Waals surface area contributed by atoms with Gasteiger partial charge in [-0.05, 0) is 311 Å². The highest BCUT2D eigenvalue weighted by molar-refractivity contribution is 5.48. The number of aromatic hydroxyl groups is 1. The lowest BCUT2D eigenvalue weighted by Gasteiger charge is -2.18. The van der Waals surface area contributed by atoms with Crippen LogP contribution in [-0.4, -0.2) is 12.2 Å². The summed E-state index contributed by atoms with van der Waals surface area (Å²) in [6.45, 7) is 46.4. The molecule has 0 fully saturated rings. The van der Waals surface area contributed by atoms with Crippen LogP contribution in [0.4, 0.5) is 0 Å². The lowest BCUT2D eigenvalue weighted by Crippen LogP contribution is -3.61. The second-order valence-corrected chi connectivity index (χ2v) is 58.3. The third-order valence-electron chi connectivity index (χ3n) is 20.3. The number of hydrogen-bond acceptors (Lipinski definition) is 2. The Morgan fingerprint density at radius 3 is 0.567 bits per heavy atom. The molecule has 16 aromatic rings. The fourth-order valence-corrected chi connectivity index (χ4v) is 29.6. The van der Waals surface area contributed by atoms with Gasteiger partial charge < -0.3 is 9.84 Å². The second kappa shape index (κ2) is 59.3. The van der Waals surface area contributed by atoms with Crippen LogP contribution >= 0.6 is 0 Å². The van der Waals surface area contributed by atoms with Crippen LogP contribution < -0.4 is 174 Å².